The van der Waals surface area contributed by atoms with Gasteiger partial charge < -0.3 is 32.5 Å². The van der Waals surface area contributed by atoms with E-state index < -0.39 is 30.8 Å². The van der Waals surface area contributed by atoms with Crippen LogP contribution in [0.25, 0.3) is 0 Å². The van der Waals surface area contributed by atoms with Crippen LogP contribution in [0, 0.1) is 13.8 Å². The van der Waals surface area contributed by atoms with Gasteiger partial charge in [-0.2, -0.15) is 0 Å². The summed E-state index contributed by atoms with van der Waals surface area (Å²) < 4.78 is 55.0. The fourth-order valence-corrected chi connectivity index (χ4v) is 4.71. The fraction of sp³-hybridized carbons (Fsp3) is 0.875. The molecule has 236 valence electrons. The molecule has 0 aromatic heterocycles. The molecule has 0 aliphatic carbocycles. The summed E-state index contributed by atoms with van der Waals surface area (Å²) in [5, 5.41) is 8.53. The number of nitrogens with zero attached hydrogens (tertiary/aromatic N) is 1. The van der Waals surface area contributed by atoms with Crippen LogP contribution in [0.15, 0.2) is 0 Å². The molecule has 0 radical (unpaired) electrons. The zero-order valence-corrected chi connectivity index (χ0v) is 28.6. The molecule has 0 aromatic carbocycles. The SMILES string of the molecule is C=O.CCN(C(C)C)C(C)C.CCOP(=O)(CO)OCC.CCOP(OCC)OCC.[CH2+]CO[P+](=O)OC[CH2+]. The number of hydrogen-bond acceptors (Lipinski definition) is 12. The highest BCUT2D eigenvalue weighted by Crippen LogP contribution is 2.46. The van der Waals surface area contributed by atoms with Crippen molar-refractivity contribution < 1.29 is 50.7 Å². The average molecular weight is 629 g/mol. The first-order chi connectivity index (χ1) is 18.4. The van der Waals surface area contributed by atoms with Crippen LogP contribution in [0.5, 0.6) is 0 Å². The van der Waals surface area contributed by atoms with E-state index in [2.05, 4.69) is 62.4 Å². The maximum atomic E-state index is 11.1. The van der Waals surface area contributed by atoms with E-state index in [1.807, 2.05) is 27.6 Å². The molecule has 15 heteroatoms. The topological polar surface area (TPSA) is 139 Å². The van der Waals surface area contributed by atoms with E-state index in [1.54, 1.807) is 13.8 Å². The van der Waals surface area contributed by atoms with Crippen LogP contribution >= 0.6 is 24.5 Å². The summed E-state index contributed by atoms with van der Waals surface area (Å²) >= 11 is 0. The van der Waals surface area contributed by atoms with Crippen molar-refractivity contribution >= 4 is 31.2 Å². The predicted molar refractivity (Wildman–Crippen MR) is 160 cm³/mol. The summed E-state index contributed by atoms with van der Waals surface area (Å²) in [5.74, 6) is 0. The van der Waals surface area contributed by atoms with Gasteiger partial charge in [0, 0.05) is 16.6 Å². The molecular formula is C24H57NO11P3+3. The molecule has 0 unspecified atom stereocenters. The number of aliphatic hydroxyl groups is 1. The monoisotopic (exact) mass is 628 g/mol. The minimum Gasteiger partial charge on any atom is -0.384 e. The molecular weight excluding hydrogens is 571 g/mol. The van der Waals surface area contributed by atoms with Crippen LogP contribution < -0.4 is 0 Å². The largest absolute Gasteiger partial charge is 0.706 e. The summed E-state index contributed by atoms with van der Waals surface area (Å²) in [6, 6.07) is 1.38. The highest BCUT2D eigenvalue weighted by Gasteiger charge is 2.21. The Bertz CT molecular complexity index is 493. The van der Waals surface area contributed by atoms with Crippen LogP contribution in [0.3, 0.4) is 0 Å². The van der Waals surface area contributed by atoms with E-state index in [4.69, 9.17) is 32.5 Å². The van der Waals surface area contributed by atoms with E-state index in [-0.39, 0.29) is 26.4 Å². The smallest absolute Gasteiger partial charge is 0.384 e. The van der Waals surface area contributed by atoms with Gasteiger partial charge in [0.2, 0.25) is 13.2 Å². The highest BCUT2D eigenvalue weighted by atomic mass is 31.2. The summed E-state index contributed by atoms with van der Waals surface area (Å²) in [5.41, 5.74) is 0. The molecule has 0 aliphatic heterocycles. The molecule has 1 N–H and O–H groups in total. The van der Waals surface area contributed by atoms with Crippen molar-refractivity contribution in [3.8, 4) is 0 Å². The van der Waals surface area contributed by atoms with Crippen LogP contribution in [-0.4, -0.2) is 88.0 Å². The first-order valence-electron chi connectivity index (χ1n) is 13.0. The molecule has 12 nitrogen and oxygen atoms in total. The number of aliphatic hydroxyl groups excluding tert-OH is 1. The van der Waals surface area contributed by atoms with Gasteiger partial charge in [-0.05, 0) is 68.9 Å². The minimum atomic E-state index is -3.14. The Morgan fingerprint density at radius 2 is 1.13 bits per heavy atom. The molecule has 0 fully saturated rings. The Morgan fingerprint density at radius 1 is 0.795 bits per heavy atom. The van der Waals surface area contributed by atoms with Gasteiger partial charge in [0.25, 0.3) is 0 Å². The molecule has 0 saturated carbocycles. The van der Waals surface area contributed by atoms with Gasteiger partial charge in [0.05, 0.1) is 46.9 Å². The molecule has 0 heterocycles. The first-order valence-corrected chi connectivity index (χ1v) is 16.9. The lowest BCUT2D eigenvalue weighted by Gasteiger charge is -2.28. The molecule has 0 spiro atoms. The predicted octanol–water partition coefficient (Wildman–Crippen LogP) is 6.81. The zero-order valence-electron chi connectivity index (χ0n) is 26.0. The molecule has 0 amide bonds. The molecule has 0 rings (SSSR count). The van der Waals surface area contributed by atoms with Crippen LogP contribution in [0.2, 0.25) is 0 Å². The standard InChI is InChI=1S/C8H19N.C6H15O3P.C5H13O4P.C4H8O3P.CH2O/c1-6-9(7(2)3)8(4)5;1-4-7-10(8-5-2)9-6-3;1-3-8-10(7,5-6)9-4-2;1-3-6-8(5)7-4-2;1-2/h7-8H,6H2,1-5H3;4-6H2,1-3H3;6H,3-5H2,1-2H3;1-4H2;1H2/q;;;+3;. The van der Waals surface area contributed by atoms with Crippen molar-refractivity contribution in [1.29, 1.82) is 0 Å². The second kappa shape index (κ2) is 37.8. The molecule has 0 saturated heterocycles. The second-order valence-corrected chi connectivity index (χ2v) is 11.2. The van der Waals surface area contributed by atoms with E-state index >= 15 is 0 Å². The van der Waals surface area contributed by atoms with E-state index in [0.29, 0.717) is 31.9 Å². The normalized spacial score (nSPS) is 10.5. The van der Waals surface area contributed by atoms with Crippen LogP contribution in [0.4, 0.5) is 0 Å². The van der Waals surface area contributed by atoms with Gasteiger partial charge in [-0.3, -0.25) is 9.46 Å². The van der Waals surface area contributed by atoms with Crippen molar-refractivity contribution in [3.05, 3.63) is 13.8 Å². The number of carbonyl (C=O) groups excluding carboxylic acids is 1. The van der Waals surface area contributed by atoms with Gasteiger partial charge >= 0.3 is 24.5 Å². The molecule has 0 atom stereocenters. The lowest BCUT2D eigenvalue weighted by Crippen LogP contribution is -2.36. The molecule has 0 bridgehead atoms. The quantitative estimate of drug-likeness (QED) is 0.126. The van der Waals surface area contributed by atoms with E-state index in [9.17, 15) is 9.13 Å². The van der Waals surface area contributed by atoms with Crippen molar-refractivity contribution in [3.63, 3.8) is 0 Å². The minimum absolute atomic E-state index is 0.162. The van der Waals surface area contributed by atoms with Crippen LogP contribution in [0.1, 0.15) is 69.2 Å². The van der Waals surface area contributed by atoms with E-state index in [0.717, 1.165) is 6.54 Å². The summed E-state index contributed by atoms with van der Waals surface area (Å²) in [6.07, 6.45) is -0.547. The Labute approximate surface area is 241 Å². The maximum Gasteiger partial charge on any atom is 0.706 e. The highest BCUT2D eigenvalue weighted by molar-refractivity contribution is 7.53. The lowest BCUT2D eigenvalue weighted by molar-refractivity contribution is -0.0980. The third kappa shape index (κ3) is 37.8. The average Bonchev–Trinajstić information content (AvgIpc) is 2.87. The van der Waals surface area contributed by atoms with Gasteiger partial charge in [-0.1, -0.05) is 16.0 Å². The molecule has 0 aliphatic rings. The zero-order chi connectivity index (χ0) is 31.7. The van der Waals surface area contributed by atoms with Crippen LogP contribution in [-0.2, 0) is 45.6 Å². The summed E-state index contributed by atoms with van der Waals surface area (Å²) in [7, 11) is -6.16. The molecule has 0 aromatic rings. The fourth-order valence-electron chi connectivity index (χ4n) is 2.45. The second-order valence-electron chi connectivity index (χ2n) is 6.97. The van der Waals surface area contributed by atoms with Gasteiger partial charge in [-0.15, -0.1) is 0 Å². The summed E-state index contributed by atoms with van der Waals surface area (Å²) in [6.45, 7) is 32.9. The van der Waals surface area contributed by atoms with Gasteiger partial charge in [0.15, 0.2) is 0 Å². The van der Waals surface area contributed by atoms with Crippen molar-refractivity contribution in [2.75, 3.05) is 59.1 Å². The maximum absolute atomic E-state index is 11.1. The first kappa shape index (κ1) is 48.5. The van der Waals surface area contributed by atoms with Gasteiger partial charge in [0.1, 0.15) is 13.1 Å². The van der Waals surface area contributed by atoms with Crippen molar-refractivity contribution in [1.82, 2.24) is 4.90 Å². The Hall–Kier alpha value is -0.190. The Kier molecular flexibility index (Phi) is 47.1. The Balaban J connectivity index is -0.000000129. The summed E-state index contributed by atoms with van der Waals surface area (Å²) in [4.78, 5) is 10.5. The lowest BCUT2D eigenvalue weighted by atomic mass is 10.2. The Morgan fingerprint density at radius 3 is 1.28 bits per heavy atom. The third-order valence-electron chi connectivity index (χ3n) is 3.61. The molecule has 39 heavy (non-hydrogen) atoms. The van der Waals surface area contributed by atoms with Crippen molar-refractivity contribution in [2.24, 2.45) is 0 Å². The van der Waals surface area contributed by atoms with Gasteiger partial charge in [-0.25, -0.2) is 0 Å². The van der Waals surface area contributed by atoms with E-state index in [1.165, 1.54) is 0 Å². The number of rotatable bonds is 18. The third-order valence-corrected chi connectivity index (χ3v) is 7.46. The number of hydrogen-bond donors (Lipinski definition) is 1. The van der Waals surface area contributed by atoms with Crippen molar-refractivity contribution in [2.45, 2.75) is 81.3 Å². The number of carbonyl (C=O) groups is 1.